The van der Waals surface area contributed by atoms with Crippen molar-refractivity contribution in [2.24, 2.45) is 0 Å². The lowest BCUT2D eigenvalue weighted by atomic mass is 10.1. The molecule has 21 heavy (non-hydrogen) atoms. The molecule has 1 aliphatic heterocycles. The van der Waals surface area contributed by atoms with Crippen molar-refractivity contribution in [3.8, 4) is 0 Å². The molecule has 1 unspecified atom stereocenters. The van der Waals surface area contributed by atoms with E-state index in [2.05, 4.69) is 5.32 Å². The summed E-state index contributed by atoms with van der Waals surface area (Å²) in [6, 6.07) is 4.25. The maximum atomic E-state index is 12.4. The van der Waals surface area contributed by atoms with Crippen molar-refractivity contribution in [3.05, 3.63) is 33.9 Å². The van der Waals surface area contributed by atoms with E-state index in [1.54, 1.807) is 17.0 Å². The van der Waals surface area contributed by atoms with Crippen molar-refractivity contribution in [2.45, 2.75) is 25.8 Å². The second-order valence-electron chi connectivity index (χ2n) is 5.00. The number of nitro groups is 1. The molecule has 2 rings (SSSR count). The van der Waals surface area contributed by atoms with Crippen molar-refractivity contribution >= 4 is 17.3 Å². The smallest absolute Gasteiger partial charge is 0.293 e. The summed E-state index contributed by atoms with van der Waals surface area (Å²) < 4.78 is 0. The van der Waals surface area contributed by atoms with Crippen LogP contribution in [0.5, 0.6) is 0 Å². The Bertz CT molecular complexity index is 547. The quantitative estimate of drug-likeness (QED) is 0.635. The van der Waals surface area contributed by atoms with Gasteiger partial charge in [0, 0.05) is 24.7 Å². The zero-order chi connectivity index (χ0) is 15.4. The molecule has 2 N–H and O–H groups in total. The van der Waals surface area contributed by atoms with Crippen molar-refractivity contribution < 1.29 is 14.8 Å². The average molecular weight is 293 g/mol. The monoisotopic (exact) mass is 293 g/mol. The second kappa shape index (κ2) is 6.53. The first kappa shape index (κ1) is 15.2. The van der Waals surface area contributed by atoms with E-state index in [0.29, 0.717) is 18.8 Å². The Kier molecular flexibility index (Phi) is 4.74. The van der Waals surface area contributed by atoms with E-state index in [9.17, 15) is 20.0 Å². The topological polar surface area (TPSA) is 95.7 Å². The number of likely N-dealkylation sites (tertiary alicyclic amines) is 1. The molecule has 0 saturated carbocycles. The Balaban J connectivity index is 2.29. The number of amides is 1. The fraction of sp³-hybridized carbons (Fsp3) is 0.500. The number of hydrogen-bond donors (Lipinski definition) is 2. The van der Waals surface area contributed by atoms with Gasteiger partial charge in [-0.1, -0.05) is 0 Å². The number of nitrogens with one attached hydrogen (secondary N) is 1. The molecule has 1 amide bonds. The summed E-state index contributed by atoms with van der Waals surface area (Å²) in [6.07, 6.45) is 1.61. The zero-order valence-electron chi connectivity index (χ0n) is 11.9. The summed E-state index contributed by atoms with van der Waals surface area (Å²) in [5.41, 5.74) is 0.574. The summed E-state index contributed by atoms with van der Waals surface area (Å²) in [6.45, 7) is 2.90. The predicted molar refractivity (Wildman–Crippen MR) is 78.4 cm³/mol. The number of rotatable bonds is 5. The molecule has 7 heteroatoms. The number of anilines is 1. The van der Waals surface area contributed by atoms with Gasteiger partial charge in [0.25, 0.3) is 11.6 Å². The third kappa shape index (κ3) is 3.13. The van der Waals surface area contributed by atoms with Crippen LogP contribution in [0.1, 0.15) is 30.1 Å². The Morgan fingerprint density at radius 1 is 1.57 bits per heavy atom. The van der Waals surface area contributed by atoms with Crippen LogP contribution in [0.15, 0.2) is 18.2 Å². The van der Waals surface area contributed by atoms with Gasteiger partial charge in [0.05, 0.1) is 17.6 Å². The number of aliphatic hydroxyl groups excluding tert-OH is 1. The molecule has 0 aromatic heterocycles. The van der Waals surface area contributed by atoms with E-state index >= 15 is 0 Å². The standard InChI is InChI=1S/C14H19N3O4/c1-2-15-12-6-5-10(8-13(12)17(20)21)14(19)16-7-3-4-11(16)9-18/h5-6,8,11,15,18H,2-4,7,9H2,1H3. The van der Waals surface area contributed by atoms with Gasteiger partial charge in [-0.25, -0.2) is 0 Å². The van der Waals surface area contributed by atoms with Crippen LogP contribution in [0.3, 0.4) is 0 Å². The van der Waals surface area contributed by atoms with Crippen LogP contribution < -0.4 is 5.32 Å². The maximum Gasteiger partial charge on any atom is 0.293 e. The van der Waals surface area contributed by atoms with E-state index < -0.39 is 4.92 Å². The molecule has 114 valence electrons. The molecule has 1 fully saturated rings. The number of benzene rings is 1. The summed E-state index contributed by atoms with van der Waals surface area (Å²) >= 11 is 0. The van der Waals surface area contributed by atoms with Crippen molar-refractivity contribution in [1.29, 1.82) is 0 Å². The van der Waals surface area contributed by atoms with E-state index in [1.807, 2.05) is 6.92 Å². The Hall–Kier alpha value is -2.15. The number of nitro benzene ring substituents is 1. The van der Waals surface area contributed by atoms with E-state index in [4.69, 9.17) is 0 Å². The fourth-order valence-electron chi connectivity index (χ4n) is 2.61. The van der Waals surface area contributed by atoms with Crippen LogP contribution in [0, 0.1) is 10.1 Å². The van der Waals surface area contributed by atoms with Crippen LogP contribution in [0.2, 0.25) is 0 Å². The molecule has 7 nitrogen and oxygen atoms in total. The highest BCUT2D eigenvalue weighted by atomic mass is 16.6. The van der Waals surface area contributed by atoms with Gasteiger partial charge >= 0.3 is 0 Å². The number of nitrogens with zero attached hydrogens (tertiary/aromatic N) is 2. The largest absolute Gasteiger partial charge is 0.394 e. The fourth-order valence-corrected chi connectivity index (χ4v) is 2.61. The number of carbonyl (C=O) groups is 1. The van der Waals surface area contributed by atoms with Gasteiger partial charge in [-0.3, -0.25) is 14.9 Å². The molecule has 1 saturated heterocycles. The number of carbonyl (C=O) groups excluding carboxylic acids is 1. The highest BCUT2D eigenvalue weighted by Gasteiger charge is 2.29. The highest BCUT2D eigenvalue weighted by molar-refractivity contribution is 5.96. The average Bonchev–Trinajstić information content (AvgIpc) is 2.95. The van der Waals surface area contributed by atoms with Gasteiger partial charge in [0.15, 0.2) is 0 Å². The lowest BCUT2D eigenvalue weighted by Gasteiger charge is -2.23. The van der Waals surface area contributed by atoms with E-state index in [1.165, 1.54) is 6.07 Å². The molecule has 0 spiro atoms. The van der Waals surface area contributed by atoms with Crippen LogP contribution in [0.25, 0.3) is 0 Å². The van der Waals surface area contributed by atoms with Crippen molar-refractivity contribution in [3.63, 3.8) is 0 Å². The molecule has 1 heterocycles. The van der Waals surface area contributed by atoms with Crippen LogP contribution in [0.4, 0.5) is 11.4 Å². The molecule has 0 radical (unpaired) electrons. The first-order valence-electron chi connectivity index (χ1n) is 7.02. The third-order valence-corrected chi connectivity index (χ3v) is 3.66. The highest BCUT2D eigenvalue weighted by Crippen LogP contribution is 2.27. The zero-order valence-corrected chi connectivity index (χ0v) is 11.9. The Morgan fingerprint density at radius 2 is 2.33 bits per heavy atom. The first-order valence-corrected chi connectivity index (χ1v) is 7.02. The van der Waals surface area contributed by atoms with Gasteiger partial charge in [0.1, 0.15) is 5.69 Å². The minimum absolute atomic E-state index is 0.0801. The minimum Gasteiger partial charge on any atom is -0.394 e. The van der Waals surface area contributed by atoms with Gasteiger partial charge < -0.3 is 15.3 Å². The van der Waals surface area contributed by atoms with Gasteiger partial charge in [-0.2, -0.15) is 0 Å². The molecule has 0 bridgehead atoms. The summed E-state index contributed by atoms with van der Waals surface area (Å²) in [5, 5.41) is 23.3. The summed E-state index contributed by atoms with van der Waals surface area (Å²) in [4.78, 5) is 24.6. The SMILES string of the molecule is CCNc1ccc(C(=O)N2CCCC2CO)cc1[N+](=O)[O-]. The van der Waals surface area contributed by atoms with E-state index in [-0.39, 0.29) is 29.8 Å². The molecule has 1 aliphatic rings. The van der Waals surface area contributed by atoms with Gasteiger partial charge in [-0.05, 0) is 31.9 Å². The Morgan fingerprint density at radius 3 is 2.95 bits per heavy atom. The van der Waals surface area contributed by atoms with E-state index in [0.717, 1.165) is 12.8 Å². The summed E-state index contributed by atoms with van der Waals surface area (Å²) in [5.74, 6) is -0.266. The third-order valence-electron chi connectivity index (χ3n) is 3.66. The molecule has 1 aromatic rings. The van der Waals surface area contributed by atoms with Crippen molar-refractivity contribution in [1.82, 2.24) is 4.90 Å². The van der Waals surface area contributed by atoms with Crippen LogP contribution in [-0.4, -0.2) is 46.6 Å². The summed E-state index contributed by atoms with van der Waals surface area (Å²) in [7, 11) is 0. The predicted octanol–water partition coefficient (Wildman–Crippen LogP) is 1.62. The molecule has 0 aliphatic carbocycles. The lowest BCUT2D eigenvalue weighted by molar-refractivity contribution is -0.384. The minimum atomic E-state index is -0.498. The van der Waals surface area contributed by atoms with Crippen molar-refractivity contribution in [2.75, 3.05) is 25.0 Å². The second-order valence-corrected chi connectivity index (χ2v) is 5.00. The van der Waals surface area contributed by atoms with Gasteiger partial charge in [0.2, 0.25) is 0 Å². The molecule has 1 atom stereocenters. The van der Waals surface area contributed by atoms with Gasteiger partial charge in [-0.15, -0.1) is 0 Å². The van der Waals surface area contributed by atoms with Crippen LogP contribution >= 0.6 is 0 Å². The molecular formula is C14H19N3O4. The number of aliphatic hydroxyl groups is 1. The lowest BCUT2D eigenvalue weighted by Crippen LogP contribution is -2.37. The molecule has 1 aromatic carbocycles. The number of hydrogen-bond acceptors (Lipinski definition) is 5. The maximum absolute atomic E-state index is 12.4. The Labute approximate surface area is 122 Å². The normalized spacial score (nSPS) is 17.8. The van der Waals surface area contributed by atoms with Crippen LogP contribution in [-0.2, 0) is 0 Å². The first-order chi connectivity index (χ1) is 10.1. The molecular weight excluding hydrogens is 274 g/mol.